The monoisotopic (exact) mass is 284 g/mol. The zero-order chi connectivity index (χ0) is 14.8. The lowest BCUT2D eigenvalue weighted by atomic mass is 10.1. The number of anilines is 1. The summed E-state index contributed by atoms with van der Waals surface area (Å²) in [5.41, 5.74) is 7.82. The van der Waals surface area contributed by atoms with Gasteiger partial charge in [-0.15, -0.1) is 0 Å². The fraction of sp³-hybridized carbons (Fsp3) is 0.375. The van der Waals surface area contributed by atoms with E-state index < -0.39 is 0 Å². The number of hydrogen-bond donors (Lipinski definition) is 1. The van der Waals surface area contributed by atoms with E-state index in [0.717, 1.165) is 31.6 Å². The van der Waals surface area contributed by atoms with E-state index in [1.165, 1.54) is 0 Å². The van der Waals surface area contributed by atoms with Gasteiger partial charge < -0.3 is 10.6 Å². The Morgan fingerprint density at radius 3 is 3.00 bits per heavy atom. The van der Waals surface area contributed by atoms with E-state index in [0.29, 0.717) is 17.3 Å². The lowest BCUT2D eigenvalue weighted by Gasteiger charge is -2.14. The number of hydrogen-bond acceptors (Lipinski definition) is 3. The van der Waals surface area contributed by atoms with E-state index in [4.69, 9.17) is 5.73 Å². The Morgan fingerprint density at radius 2 is 2.29 bits per heavy atom. The zero-order valence-corrected chi connectivity index (χ0v) is 12.2. The number of carbonyl (C=O) groups excluding carboxylic acids is 1. The van der Waals surface area contributed by atoms with Gasteiger partial charge in [0.15, 0.2) is 5.69 Å². The Balaban J connectivity index is 1.77. The summed E-state index contributed by atoms with van der Waals surface area (Å²) >= 11 is 0. The molecule has 1 aliphatic rings. The van der Waals surface area contributed by atoms with Gasteiger partial charge in [-0.05, 0) is 36.6 Å². The van der Waals surface area contributed by atoms with Crippen molar-refractivity contribution < 1.29 is 4.79 Å². The first-order valence-corrected chi connectivity index (χ1v) is 7.38. The highest BCUT2D eigenvalue weighted by molar-refractivity contribution is 5.92. The molecule has 2 heterocycles. The highest BCUT2D eigenvalue weighted by atomic mass is 16.2. The van der Waals surface area contributed by atoms with E-state index in [2.05, 4.69) is 12.0 Å². The predicted octanol–water partition coefficient (Wildman–Crippen LogP) is 2.33. The molecule has 3 rings (SSSR count). The predicted molar refractivity (Wildman–Crippen MR) is 82.3 cm³/mol. The molecule has 1 saturated heterocycles. The maximum absolute atomic E-state index is 12.4. The smallest absolute Gasteiger partial charge is 0.274 e. The molecule has 0 saturated carbocycles. The van der Waals surface area contributed by atoms with Crippen LogP contribution in [0.2, 0.25) is 0 Å². The van der Waals surface area contributed by atoms with Gasteiger partial charge in [0.25, 0.3) is 5.91 Å². The van der Waals surface area contributed by atoms with E-state index in [1.807, 2.05) is 29.2 Å². The second-order valence-electron chi connectivity index (χ2n) is 5.55. The molecule has 2 N–H and O–H groups in total. The molecule has 1 aliphatic heterocycles. The third-order valence-electron chi connectivity index (χ3n) is 4.09. The van der Waals surface area contributed by atoms with Crippen LogP contribution in [0.4, 0.5) is 5.69 Å². The average Bonchev–Trinajstić information content (AvgIpc) is 3.16. The van der Waals surface area contributed by atoms with Gasteiger partial charge in [0, 0.05) is 25.0 Å². The molecule has 0 radical (unpaired) electrons. The molecule has 1 atom stereocenters. The number of nitrogen functional groups attached to an aromatic ring is 1. The maximum Gasteiger partial charge on any atom is 0.274 e. The summed E-state index contributed by atoms with van der Waals surface area (Å²) in [6, 6.07) is 9.23. The molecule has 0 spiro atoms. The van der Waals surface area contributed by atoms with Crippen molar-refractivity contribution >= 4 is 11.6 Å². The summed E-state index contributed by atoms with van der Waals surface area (Å²) < 4.78 is 1.69. The summed E-state index contributed by atoms with van der Waals surface area (Å²) in [6.45, 7) is 3.86. The van der Waals surface area contributed by atoms with Crippen LogP contribution in [-0.2, 0) is 0 Å². The summed E-state index contributed by atoms with van der Waals surface area (Å²) in [4.78, 5) is 14.3. The molecular formula is C16H20N4O. The first-order chi connectivity index (χ1) is 10.2. The molecule has 5 heteroatoms. The highest BCUT2D eigenvalue weighted by Gasteiger charge is 2.27. The lowest BCUT2D eigenvalue weighted by Crippen LogP contribution is -2.29. The number of aromatic nitrogens is 2. The molecular weight excluding hydrogens is 264 g/mol. The minimum atomic E-state index is 0.0219. The van der Waals surface area contributed by atoms with Crippen LogP contribution in [0.3, 0.4) is 0 Å². The number of nitrogens with two attached hydrogens (primary N) is 1. The van der Waals surface area contributed by atoms with Crippen molar-refractivity contribution in [3.05, 3.63) is 42.2 Å². The van der Waals surface area contributed by atoms with Crippen molar-refractivity contribution in [1.29, 1.82) is 0 Å². The van der Waals surface area contributed by atoms with Gasteiger partial charge in [0.1, 0.15) is 0 Å². The Labute approximate surface area is 124 Å². The van der Waals surface area contributed by atoms with Crippen LogP contribution in [-0.4, -0.2) is 33.7 Å². The topological polar surface area (TPSA) is 64.2 Å². The third-order valence-corrected chi connectivity index (χ3v) is 4.09. The second-order valence-corrected chi connectivity index (χ2v) is 5.55. The number of rotatable bonds is 3. The summed E-state index contributed by atoms with van der Waals surface area (Å²) in [6.07, 6.45) is 4.02. The maximum atomic E-state index is 12.4. The van der Waals surface area contributed by atoms with Gasteiger partial charge in [0.2, 0.25) is 0 Å². The van der Waals surface area contributed by atoms with Crippen molar-refractivity contribution in [3.63, 3.8) is 0 Å². The normalized spacial score (nSPS) is 18.1. The van der Waals surface area contributed by atoms with E-state index in [-0.39, 0.29) is 5.91 Å². The molecule has 1 aromatic heterocycles. The fourth-order valence-corrected chi connectivity index (χ4v) is 2.76. The van der Waals surface area contributed by atoms with Crippen molar-refractivity contribution in [1.82, 2.24) is 14.7 Å². The molecule has 1 fully saturated rings. The summed E-state index contributed by atoms with van der Waals surface area (Å²) in [5, 5.41) is 4.39. The van der Waals surface area contributed by atoms with Gasteiger partial charge in [-0.25, -0.2) is 4.68 Å². The minimum absolute atomic E-state index is 0.0219. The van der Waals surface area contributed by atoms with Gasteiger partial charge in [0.05, 0.1) is 5.69 Å². The van der Waals surface area contributed by atoms with Crippen molar-refractivity contribution in [2.45, 2.75) is 19.8 Å². The molecule has 1 aromatic carbocycles. The van der Waals surface area contributed by atoms with Gasteiger partial charge in [-0.3, -0.25) is 4.79 Å². The number of nitrogens with zero attached hydrogens (tertiary/aromatic N) is 3. The Kier molecular flexibility index (Phi) is 3.64. The van der Waals surface area contributed by atoms with Crippen LogP contribution in [0.15, 0.2) is 36.5 Å². The zero-order valence-electron chi connectivity index (χ0n) is 12.2. The number of carbonyl (C=O) groups is 1. The number of benzene rings is 1. The third kappa shape index (κ3) is 2.77. The Bertz CT molecular complexity index is 649. The Morgan fingerprint density at radius 1 is 1.43 bits per heavy atom. The van der Waals surface area contributed by atoms with E-state index in [9.17, 15) is 4.79 Å². The molecule has 110 valence electrons. The minimum Gasteiger partial charge on any atom is -0.399 e. The van der Waals surface area contributed by atoms with Crippen LogP contribution >= 0.6 is 0 Å². The van der Waals surface area contributed by atoms with Gasteiger partial charge in [-0.1, -0.05) is 19.4 Å². The largest absolute Gasteiger partial charge is 0.399 e. The molecule has 1 unspecified atom stereocenters. The number of amides is 1. The van der Waals surface area contributed by atoms with E-state index in [1.54, 1.807) is 16.9 Å². The summed E-state index contributed by atoms with van der Waals surface area (Å²) in [5.74, 6) is 0.651. The molecule has 1 amide bonds. The van der Waals surface area contributed by atoms with Crippen molar-refractivity contribution in [2.24, 2.45) is 5.92 Å². The van der Waals surface area contributed by atoms with Crippen LogP contribution in [0.1, 0.15) is 30.3 Å². The number of likely N-dealkylation sites (tertiary alicyclic amines) is 1. The highest BCUT2D eigenvalue weighted by Crippen LogP contribution is 2.21. The van der Waals surface area contributed by atoms with Crippen LogP contribution in [0.5, 0.6) is 0 Å². The van der Waals surface area contributed by atoms with Crippen LogP contribution in [0.25, 0.3) is 5.69 Å². The van der Waals surface area contributed by atoms with Crippen LogP contribution < -0.4 is 5.73 Å². The molecule has 2 aromatic rings. The first-order valence-electron chi connectivity index (χ1n) is 7.38. The average molecular weight is 284 g/mol. The summed E-state index contributed by atoms with van der Waals surface area (Å²) in [7, 11) is 0. The van der Waals surface area contributed by atoms with Crippen molar-refractivity contribution in [2.75, 3.05) is 18.8 Å². The van der Waals surface area contributed by atoms with Crippen LogP contribution in [0, 0.1) is 5.92 Å². The standard InChI is InChI=1S/C16H20N4O/c1-2-12-6-8-19(11-12)16(21)15-7-9-20(18-15)14-5-3-4-13(17)10-14/h3-5,7,9-10,12H,2,6,8,11,17H2,1H3. The van der Waals surface area contributed by atoms with Crippen molar-refractivity contribution in [3.8, 4) is 5.69 Å². The first kappa shape index (κ1) is 13.7. The SMILES string of the molecule is CCC1CCN(C(=O)c2ccn(-c3cccc(N)c3)n2)C1. The Hall–Kier alpha value is -2.30. The molecule has 0 bridgehead atoms. The molecule has 21 heavy (non-hydrogen) atoms. The quantitative estimate of drug-likeness (QED) is 0.880. The lowest BCUT2D eigenvalue weighted by molar-refractivity contribution is 0.0780. The van der Waals surface area contributed by atoms with Gasteiger partial charge in [-0.2, -0.15) is 5.10 Å². The van der Waals surface area contributed by atoms with E-state index >= 15 is 0 Å². The second kappa shape index (κ2) is 5.60. The molecule has 5 nitrogen and oxygen atoms in total. The fourth-order valence-electron chi connectivity index (χ4n) is 2.76. The van der Waals surface area contributed by atoms with Gasteiger partial charge >= 0.3 is 0 Å². The molecule has 0 aliphatic carbocycles.